The third kappa shape index (κ3) is 80.2. The van der Waals surface area contributed by atoms with Crippen LogP contribution in [0, 0.1) is 0 Å². The first kappa shape index (κ1) is 93.2. The van der Waals surface area contributed by atoms with Crippen LogP contribution >= 0.6 is 7.82 Å². The third-order valence-corrected chi connectivity index (χ3v) is 19.4. The SMILES string of the molecule is CC/C=C\C/C=C\C/C=C\C/C=C\C/C=C\C/C=C\C/C=C\CCCCCCCCCCCCCCCCCCCCCC(=O)OC(COC(=O)CCCCCCCCCCCCCCCCCCCCCCCCCCCCCCCCC)COP(=O)(O)OCC[N+](C)(C)C. The molecule has 560 valence electrons. The summed E-state index contributed by atoms with van der Waals surface area (Å²) in [5, 5.41) is 0. The van der Waals surface area contributed by atoms with Crippen LogP contribution in [0.2, 0.25) is 0 Å². The summed E-state index contributed by atoms with van der Waals surface area (Å²) in [6.07, 6.45) is 106. The molecule has 0 aliphatic carbocycles. The molecule has 0 saturated carbocycles. The third-order valence-electron chi connectivity index (χ3n) is 18.4. The Hall–Kier alpha value is -2.81. The maximum absolute atomic E-state index is 12.9. The first-order chi connectivity index (χ1) is 47.0. The van der Waals surface area contributed by atoms with E-state index in [2.05, 4.69) is 98.9 Å². The molecule has 0 saturated heterocycles. The van der Waals surface area contributed by atoms with Gasteiger partial charge in [0, 0.05) is 12.8 Å². The monoisotopic (exact) mass is 1370 g/mol. The molecule has 1 N–H and O–H groups in total. The molecule has 0 aliphatic rings. The van der Waals surface area contributed by atoms with E-state index in [9.17, 15) is 19.0 Å². The number of esters is 2. The van der Waals surface area contributed by atoms with Gasteiger partial charge in [-0.1, -0.05) is 401 Å². The van der Waals surface area contributed by atoms with Crippen molar-refractivity contribution in [2.75, 3.05) is 47.5 Å². The van der Waals surface area contributed by atoms with Gasteiger partial charge in [0.2, 0.25) is 0 Å². The number of phosphoric acid groups is 1. The Labute approximate surface area is 596 Å². The number of ether oxygens (including phenoxy) is 2. The van der Waals surface area contributed by atoms with Gasteiger partial charge in [0.25, 0.3) is 0 Å². The molecule has 10 heteroatoms. The van der Waals surface area contributed by atoms with Crippen molar-refractivity contribution < 1.29 is 42.1 Å². The highest BCUT2D eigenvalue weighted by Crippen LogP contribution is 2.43. The van der Waals surface area contributed by atoms with Gasteiger partial charge in [0.15, 0.2) is 6.10 Å². The van der Waals surface area contributed by atoms with Crippen LogP contribution < -0.4 is 0 Å². The van der Waals surface area contributed by atoms with Crippen LogP contribution in [-0.4, -0.2) is 74.9 Å². The van der Waals surface area contributed by atoms with E-state index < -0.39 is 26.5 Å². The van der Waals surface area contributed by atoms with Crippen molar-refractivity contribution in [3.63, 3.8) is 0 Å². The van der Waals surface area contributed by atoms with Gasteiger partial charge in [-0.25, -0.2) is 4.57 Å². The second-order valence-corrected chi connectivity index (χ2v) is 30.6. The first-order valence-electron chi connectivity index (χ1n) is 41.3. The number of carbonyl (C=O) groups excluding carboxylic acids is 2. The molecule has 0 aliphatic heterocycles. The Balaban J connectivity index is 3.92. The molecule has 0 heterocycles. The first-order valence-corrected chi connectivity index (χ1v) is 42.8. The van der Waals surface area contributed by atoms with Gasteiger partial charge in [0.1, 0.15) is 19.8 Å². The predicted molar refractivity (Wildman–Crippen MR) is 418 cm³/mol. The van der Waals surface area contributed by atoms with Crippen molar-refractivity contribution in [3.8, 4) is 0 Å². The van der Waals surface area contributed by atoms with Gasteiger partial charge >= 0.3 is 19.8 Å². The van der Waals surface area contributed by atoms with Gasteiger partial charge in [-0.2, -0.15) is 0 Å². The summed E-state index contributed by atoms with van der Waals surface area (Å²) in [6.45, 7) is 4.39. The number of unbranched alkanes of at least 4 members (excludes halogenated alkanes) is 49. The molecule has 0 aromatic carbocycles. The summed E-state index contributed by atoms with van der Waals surface area (Å²) in [6, 6.07) is 0. The summed E-state index contributed by atoms with van der Waals surface area (Å²) in [7, 11) is 1.50. The number of quaternary nitrogens is 1. The zero-order valence-corrected chi connectivity index (χ0v) is 65.0. The van der Waals surface area contributed by atoms with Gasteiger partial charge in [0.05, 0.1) is 27.7 Å². The molecule has 0 radical (unpaired) electrons. The van der Waals surface area contributed by atoms with Crippen molar-refractivity contribution in [3.05, 3.63) is 85.1 Å². The average Bonchev–Trinajstić information content (AvgIpc) is 2.54. The number of hydrogen-bond acceptors (Lipinski definition) is 7. The Morgan fingerprint density at radius 1 is 0.333 bits per heavy atom. The molecule has 0 aromatic heterocycles. The number of rotatable bonds is 77. The number of hydrogen-bond donors (Lipinski definition) is 1. The standard InChI is InChI=1S/C86H158NO8P/c1-6-8-10-12-14-16-18-20-22-24-26-28-30-32-34-36-38-39-40-41-42-43-44-45-46-47-49-51-53-55-57-59-61-63-65-67-69-71-73-75-77-79-86(89)95-84(83-94-96(90,91)93-81-80-87(3,4)5)82-92-85(88)78-76-74-72-70-68-66-64-62-60-58-56-54-52-50-48-37-35-33-31-29-27-25-23-21-19-17-15-13-11-9-7-2/h8,10,14,16,20,22,26,28,32,34,38-39,41-42,84H,6-7,9,11-13,15,17-19,21,23-25,27,29-31,33,35-37,40,43-83H2,1-5H3/p+1/b10-8-,16-14-,22-20-,28-26-,34-32-,39-38-,42-41-. The molecule has 0 amide bonds. The van der Waals surface area contributed by atoms with Crippen molar-refractivity contribution in [2.45, 2.75) is 405 Å². The number of likely N-dealkylation sites (N-methyl/N-ethyl adjacent to an activating group) is 1. The van der Waals surface area contributed by atoms with E-state index in [0.717, 1.165) is 77.0 Å². The summed E-state index contributed by atoms with van der Waals surface area (Å²) in [4.78, 5) is 36.0. The smallest absolute Gasteiger partial charge is 0.462 e. The topological polar surface area (TPSA) is 108 Å². The lowest BCUT2D eigenvalue weighted by Gasteiger charge is -2.24. The minimum Gasteiger partial charge on any atom is -0.462 e. The van der Waals surface area contributed by atoms with Gasteiger partial charge in [-0.3, -0.25) is 18.6 Å². The highest BCUT2D eigenvalue weighted by atomic mass is 31.2. The van der Waals surface area contributed by atoms with E-state index in [-0.39, 0.29) is 25.6 Å². The van der Waals surface area contributed by atoms with Crippen LogP contribution in [0.25, 0.3) is 0 Å². The summed E-state index contributed by atoms with van der Waals surface area (Å²) in [5.74, 6) is -0.775. The molecule has 0 rings (SSSR count). The molecule has 96 heavy (non-hydrogen) atoms. The number of allylic oxidation sites excluding steroid dienone is 14. The van der Waals surface area contributed by atoms with E-state index in [1.165, 1.54) is 289 Å². The number of carbonyl (C=O) groups is 2. The lowest BCUT2D eigenvalue weighted by atomic mass is 10.0. The normalized spacial score (nSPS) is 13.4. The lowest BCUT2D eigenvalue weighted by Crippen LogP contribution is -2.37. The minimum atomic E-state index is -4.40. The van der Waals surface area contributed by atoms with E-state index in [0.29, 0.717) is 23.9 Å². The van der Waals surface area contributed by atoms with Crippen LogP contribution in [-0.2, 0) is 32.7 Å². The van der Waals surface area contributed by atoms with Crippen LogP contribution in [0.3, 0.4) is 0 Å². The molecule has 9 nitrogen and oxygen atoms in total. The fraction of sp³-hybridized carbons (Fsp3) is 0.814. The van der Waals surface area contributed by atoms with Crippen LogP contribution in [0.15, 0.2) is 85.1 Å². The maximum Gasteiger partial charge on any atom is 0.472 e. The largest absolute Gasteiger partial charge is 0.472 e. The molecule has 2 atom stereocenters. The molecule has 0 bridgehead atoms. The van der Waals surface area contributed by atoms with Gasteiger partial charge in [-0.15, -0.1) is 0 Å². The van der Waals surface area contributed by atoms with E-state index in [1.807, 2.05) is 21.1 Å². The van der Waals surface area contributed by atoms with Crippen molar-refractivity contribution in [1.29, 1.82) is 0 Å². The molecular weight excluding hydrogens is 1210 g/mol. The fourth-order valence-electron chi connectivity index (χ4n) is 12.2. The Morgan fingerprint density at radius 2 is 0.594 bits per heavy atom. The average molecular weight is 1370 g/mol. The molecule has 2 unspecified atom stereocenters. The van der Waals surface area contributed by atoms with Crippen LogP contribution in [0.1, 0.15) is 399 Å². The molecular formula is C86H159NO8P+. The van der Waals surface area contributed by atoms with Crippen LogP contribution in [0.4, 0.5) is 0 Å². The van der Waals surface area contributed by atoms with E-state index in [4.69, 9.17) is 18.5 Å². The number of phosphoric ester groups is 1. The summed E-state index contributed by atoms with van der Waals surface area (Å²) < 4.78 is 34.9. The zero-order valence-electron chi connectivity index (χ0n) is 64.1. The second-order valence-electron chi connectivity index (χ2n) is 29.1. The quantitative estimate of drug-likeness (QED) is 0.0211. The minimum absolute atomic E-state index is 0.0331. The van der Waals surface area contributed by atoms with E-state index >= 15 is 0 Å². The lowest BCUT2D eigenvalue weighted by molar-refractivity contribution is -0.870. The van der Waals surface area contributed by atoms with Crippen molar-refractivity contribution in [2.24, 2.45) is 0 Å². The Kier molecular flexibility index (Phi) is 74.1. The van der Waals surface area contributed by atoms with Gasteiger partial charge < -0.3 is 18.9 Å². The maximum atomic E-state index is 12.9. The summed E-state index contributed by atoms with van der Waals surface area (Å²) in [5.41, 5.74) is 0. The highest BCUT2D eigenvalue weighted by molar-refractivity contribution is 7.47. The predicted octanol–water partition coefficient (Wildman–Crippen LogP) is 27.6. The molecule has 0 fully saturated rings. The summed E-state index contributed by atoms with van der Waals surface area (Å²) >= 11 is 0. The van der Waals surface area contributed by atoms with Crippen LogP contribution in [0.5, 0.6) is 0 Å². The Bertz CT molecular complexity index is 1900. The van der Waals surface area contributed by atoms with E-state index in [1.54, 1.807) is 0 Å². The van der Waals surface area contributed by atoms with Gasteiger partial charge in [-0.05, 0) is 70.6 Å². The van der Waals surface area contributed by atoms with Crippen molar-refractivity contribution in [1.82, 2.24) is 0 Å². The highest BCUT2D eigenvalue weighted by Gasteiger charge is 2.27. The van der Waals surface area contributed by atoms with Crippen molar-refractivity contribution >= 4 is 19.8 Å². The molecule has 0 aromatic rings. The Morgan fingerprint density at radius 3 is 0.885 bits per heavy atom. The number of nitrogens with zero attached hydrogens (tertiary/aromatic N) is 1. The fourth-order valence-corrected chi connectivity index (χ4v) is 12.9. The zero-order chi connectivity index (χ0) is 69.7. The second kappa shape index (κ2) is 76.4. The molecule has 0 spiro atoms.